The van der Waals surface area contributed by atoms with Gasteiger partial charge in [-0.3, -0.25) is 4.79 Å². The fraction of sp³-hybridized carbons (Fsp3) is 0.300. The Morgan fingerprint density at radius 1 is 1.20 bits per heavy atom. The Morgan fingerprint density at radius 2 is 1.97 bits per heavy atom. The highest BCUT2D eigenvalue weighted by Crippen LogP contribution is 2.33. The van der Waals surface area contributed by atoms with Crippen LogP contribution < -0.4 is 19.5 Å². The Balaban J connectivity index is 1.38. The number of carbonyl (C=O) groups is 1. The van der Waals surface area contributed by atoms with E-state index in [9.17, 15) is 4.79 Å². The zero-order valence-electron chi connectivity index (χ0n) is 16.6. The molecule has 1 aliphatic heterocycles. The molecule has 9 nitrogen and oxygen atoms in total. The van der Waals surface area contributed by atoms with Crippen molar-refractivity contribution in [2.75, 3.05) is 25.6 Å². The maximum atomic E-state index is 12.7. The monoisotopic (exact) mass is 427 g/mol. The van der Waals surface area contributed by atoms with Crippen molar-refractivity contribution in [1.29, 1.82) is 0 Å². The molecule has 4 rings (SSSR count). The Bertz CT molecular complexity index is 1020. The quantitative estimate of drug-likeness (QED) is 0.575. The van der Waals surface area contributed by atoms with Crippen LogP contribution in [0, 0.1) is 0 Å². The molecular formula is C20H21N5O4S. The Kier molecular flexibility index (Phi) is 6.03. The van der Waals surface area contributed by atoms with Gasteiger partial charge in [0.25, 0.3) is 0 Å². The van der Waals surface area contributed by atoms with Crippen molar-refractivity contribution >= 4 is 23.4 Å². The summed E-state index contributed by atoms with van der Waals surface area (Å²) < 4.78 is 17.9. The fourth-order valence-electron chi connectivity index (χ4n) is 2.86. The van der Waals surface area contributed by atoms with E-state index in [0.717, 1.165) is 11.3 Å². The fourth-order valence-corrected chi connectivity index (χ4v) is 3.65. The van der Waals surface area contributed by atoms with E-state index in [-0.39, 0.29) is 5.91 Å². The zero-order chi connectivity index (χ0) is 20.9. The van der Waals surface area contributed by atoms with Crippen molar-refractivity contribution in [3.63, 3.8) is 0 Å². The summed E-state index contributed by atoms with van der Waals surface area (Å²) in [4.78, 5) is 12.7. The molecule has 0 aliphatic carbocycles. The second kappa shape index (κ2) is 9.04. The minimum Gasteiger partial charge on any atom is -0.497 e. The third kappa shape index (κ3) is 4.65. The molecule has 1 aromatic heterocycles. The summed E-state index contributed by atoms with van der Waals surface area (Å²) >= 11 is 1.29. The second-order valence-electron chi connectivity index (χ2n) is 6.57. The summed E-state index contributed by atoms with van der Waals surface area (Å²) in [6.07, 6.45) is 0. The first kappa shape index (κ1) is 20.0. The first-order valence-corrected chi connectivity index (χ1v) is 10.3. The summed E-state index contributed by atoms with van der Waals surface area (Å²) in [5.41, 5.74) is 1.67. The van der Waals surface area contributed by atoms with Crippen LogP contribution in [-0.2, 0) is 11.3 Å². The number of ether oxygens (including phenoxy) is 3. The predicted molar refractivity (Wildman–Crippen MR) is 111 cm³/mol. The van der Waals surface area contributed by atoms with E-state index in [0.29, 0.717) is 42.1 Å². The molecule has 2 aromatic carbocycles. The van der Waals surface area contributed by atoms with E-state index in [1.54, 1.807) is 30.0 Å². The molecule has 156 valence electrons. The molecule has 0 spiro atoms. The number of thioether (sulfide) groups is 1. The van der Waals surface area contributed by atoms with Gasteiger partial charge in [-0.05, 0) is 47.2 Å². The topological polar surface area (TPSA) is 100 Å². The molecular weight excluding hydrogens is 406 g/mol. The van der Waals surface area contributed by atoms with Crippen LogP contribution in [0.4, 0.5) is 5.69 Å². The van der Waals surface area contributed by atoms with Crippen molar-refractivity contribution < 1.29 is 19.0 Å². The highest BCUT2D eigenvalue weighted by Gasteiger charge is 2.20. The van der Waals surface area contributed by atoms with Gasteiger partial charge in [0, 0.05) is 11.8 Å². The first-order chi connectivity index (χ1) is 14.6. The van der Waals surface area contributed by atoms with Gasteiger partial charge < -0.3 is 19.5 Å². The van der Waals surface area contributed by atoms with Crippen LogP contribution in [0.15, 0.2) is 47.6 Å². The van der Waals surface area contributed by atoms with Gasteiger partial charge in [0.1, 0.15) is 19.0 Å². The molecule has 1 amide bonds. The number of hydrogen-bond donors (Lipinski definition) is 1. The molecule has 0 saturated carbocycles. The Hall–Kier alpha value is -3.27. The maximum Gasteiger partial charge on any atom is 0.237 e. The Labute approximate surface area is 177 Å². The Morgan fingerprint density at radius 3 is 2.73 bits per heavy atom. The molecule has 1 N–H and O–H groups in total. The second-order valence-corrected chi connectivity index (χ2v) is 7.88. The van der Waals surface area contributed by atoms with Crippen LogP contribution in [0.2, 0.25) is 0 Å². The van der Waals surface area contributed by atoms with Gasteiger partial charge in [0.2, 0.25) is 11.1 Å². The summed E-state index contributed by atoms with van der Waals surface area (Å²) in [5, 5.41) is 14.9. The van der Waals surface area contributed by atoms with E-state index in [1.807, 2.05) is 31.2 Å². The maximum absolute atomic E-state index is 12.7. The van der Waals surface area contributed by atoms with E-state index < -0.39 is 5.25 Å². The summed E-state index contributed by atoms with van der Waals surface area (Å²) in [5.74, 6) is 1.94. The van der Waals surface area contributed by atoms with Crippen LogP contribution in [0.25, 0.3) is 0 Å². The van der Waals surface area contributed by atoms with E-state index in [1.165, 1.54) is 11.8 Å². The number of carbonyl (C=O) groups excluding carboxylic acids is 1. The van der Waals surface area contributed by atoms with E-state index >= 15 is 0 Å². The average Bonchev–Trinajstić information content (AvgIpc) is 3.20. The summed E-state index contributed by atoms with van der Waals surface area (Å²) in [7, 11) is 1.63. The lowest BCUT2D eigenvalue weighted by molar-refractivity contribution is -0.115. The number of tetrazole rings is 1. The standard InChI is InChI=1S/C20H21N5O4S/c1-13(19(26)21-15-5-8-17-18(11-15)29-10-9-28-17)30-20-22-23-24-25(20)12-14-3-6-16(27-2)7-4-14/h3-8,11,13H,9-10,12H2,1-2H3,(H,21,26)/t13-/m0/s1. The van der Waals surface area contributed by atoms with Crippen molar-refractivity contribution in [3.05, 3.63) is 48.0 Å². The SMILES string of the molecule is COc1ccc(Cn2nnnc2S[C@@H](C)C(=O)Nc2ccc3c(c2)OCCO3)cc1. The molecule has 0 unspecified atom stereocenters. The number of anilines is 1. The molecule has 0 saturated heterocycles. The molecule has 1 aliphatic rings. The lowest BCUT2D eigenvalue weighted by atomic mass is 10.2. The first-order valence-electron chi connectivity index (χ1n) is 9.38. The van der Waals surface area contributed by atoms with E-state index in [2.05, 4.69) is 20.8 Å². The summed E-state index contributed by atoms with van der Waals surface area (Å²) in [6, 6.07) is 13.0. The van der Waals surface area contributed by atoms with Crippen LogP contribution in [-0.4, -0.2) is 51.7 Å². The number of aromatic nitrogens is 4. The third-order valence-electron chi connectivity index (χ3n) is 4.45. The van der Waals surface area contributed by atoms with Gasteiger partial charge in [-0.2, -0.15) is 0 Å². The molecule has 0 radical (unpaired) electrons. The smallest absolute Gasteiger partial charge is 0.237 e. The minimum absolute atomic E-state index is 0.157. The number of hydrogen-bond acceptors (Lipinski definition) is 8. The molecule has 10 heteroatoms. The molecule has 3 aromatic rings. The van der Waals surface area contributed by atoms with E-state index in [4.69, 9.17) is 14.2 Å². The predicted octanol–water partition coefficient (Wildman–Crippen LogP) is 2.62. The molecule has 0 fully saturated rings. The zero-order valence-corrected chi connectivity index (χ0v) is 17.4. The number of methoxy groups -OCH3 is 1. The van der Waals surface area contributed by atoms with Crippen LogP contribution in [0.3, 0.4) is 0 Å². The highest BCUT2D eigenvalue weighted by molar-refractivity contribution is 8.00. The normalized spacial score (nSPS) is 13.5. The van der Waals surface area contributed by atoms with Crippen molar-refractivity contribution in [3.8, 4) is 17.2 Å². The molecule has 0 bridgehead atoms. The number of amides is 1. The molecule has 2 heterocycles. The minimum atomic E-state index is -0.404. The third-order valence-corrected chi connectivity index (χ3v) is 5.52. The van der Waals surface area contributed by atoms with Crippen molar-refractivity contribution in [1.82, 2.24) is 20.2 Å². The number of benzene rings is 2. The van der Waals surface area contributed by atoms with Gasteiger partial charge in [0.05, 0.1) is 18.9 Å². The average molecular weight is 427 g/mol. The van der Waals surface area contributed by atoms with Crippen LogP contribution >= 0.6 is 11.8 Å². The number of rotatable bonds is 7. The molecule has 1 atom stereocenters. The lowest BCUT2D eigenvalue weighted by Gasteiger charge is -2.19. The van der Waals surface area contributed by atoms with Crippen molar-refractivity contribution in [2.24, 2.45) is 0 Å². The van der Waals surface area contributed by atoms with Gasteiger partial charge in [0.15, 0.2) is 11.5 Å². The number of nitrogens with zero attached hydrogens (tertiary/aromatic N) is 4. The lowest BCUT2D eigenvalue weighted by Crippen LogP contribution is -2.23. The number of nitrogens with one attached hydrogen (secondary N) is 1. The van der Waals surface area contributed by atoms with Gasteiger partial charge in [-0.15, -0.1) is 5.10 Å². The van der Waals surface area contributed by atoms with Crippen LogP contribution in [0.1, 0.15) is 12.5 Å². The van der Waals surface area contributed by atoms with Gasteiger partial charge >= 0.3 is 0 Å². The molecule has 30 heavy (non-hydrogen) atoms. The van der Waals surface area contributed by atoms with Crippen LogP contribution in [0.5, 0.6) is 17.2 Å². The van der Waals surface area contributed by atoms with Crippen molar-refractivity contribution in [2.45, 2.75) is 23.9 Å². The largest absolute Gasteiger partial charge is 0.497 e. The number of fused-ring (bicyclic) bond motifs is 1. The van der Waals surface area contributed by atoms with Gasteiger partial charge in [-0.1, -0.05) is 23.9 Å². The van der Waals surface area contributed by atoms with Gasteiger partial charge in [-0.25, -0.2) is 4.68 Å². The summed E-state index contributed by atoms with van der Waals surface area (Å²) in [6.45, 7) is 3.32. The highest BCUT2D eigenvalue weighted by atomic mass is 32.2.